The lowest BCUT2D eigenvalue weighted by molar-refractivity contribution is -0.133. The molecular weight excluding hydrogens is 260 g/mol. The minimum Gasteiger partial charge on any atom is -0.334 e. The van der Waals surface area contributed by atoms with E-state index in [0.29, 0.717) is 12.3 Å². The molecule has 21 heavy (non-hydrogen) atoms. The van der Waals surface area contributed by atoms with E-state index in [1.807, 2.05) is 4.90 Å². The average Bonchev–Trinajstić information content (AvgIpc) is 2.53. The maximum absolute atomic E-state index is 12.5. The molecule has 1 aliphatic heterocycles. The van der Waals surface area contributed by atoms with Crippen molar-refractivity contribution in [1.29, 1.82) is 0 Å². The summed E-state index contributed by atoms with van der Waals surface area (Å²) in [7, 11) is 0. The molecule has 0 aliphatic carbocycles. The Balaban J connectivity index is 2.46. The number of nitrogens with two attached hydrogens (primary N) is 1. The van der Waals surface area contributed by atoms with Gasteiger partial charge in [0.05, 0.1) is 6.04 Å². The van der Waals surface area contributed by atoms with Crippen LogP contribution in [0.5, 0.6) is 0 Å². The first kappa shape index (κ1) is 16.0. The lowest BCUT2D eigenvalue weighted by atomic mass is 9.90. The average molecular weight is 288 g/mol. The summed E-state index contributed by atoms with van der Waals surface area (Å²) in [6, 6.07) is 6.37. The molecule has 3 nitrogen and oxygen atoms in total. The molecule has 2 N–H and O–H groups in total. The lowest BCUT2D eigenvalue weighted by Gasteiger charge is -2.36. The second kappa shape index (κ2) is 6.61. The van der Waals surface area contributed by atoms with E-state index in [-0.39, 0.29) is 18.0 Å². The topological polar surface area (TPSA) is 46.3 Å². The van der Waals surface area contributed by atoms with Gasteiger partial charge in [0.1, 0.15) is 0 Å². The van der Waals surface area contributed by atoms with Crippen molar-refractivity contribution in [3.05, 3.63) is 34.9 Å². The Morgan fingerprint density at radius 1 is 1.33 bits per heavy atom. The molecule has 116 valence electrons. The first-order valence-electron chi connectivity index (χ1n) is 8.03. The minimum atomic E-state index is 0.0160. The van der Waals surface area contributed by atoms with E-state index in [0.717, 1.165) is 19.4 Å². The highest BCUT2D eigenvalue weighted by Gasteiger charge is 2.33. The summed E-state index contributed by atoms with van der Waals surface area (Å²) in [6.45, 7) is 9.36. The fourth-order valence-corrected chi connectivity index (χ4v) is 3.28. The fourth-order valence-electron chi connectivity index (χ4n) is 3.28. The number of benzene rings is 1. The van der Waals surface area contributed by atoms with Crippen molar-refractivity contribution in [1.82, 2.24) is 4.90 Å². The summed E-state index contributed by atoms with van der Waals surface area (Å²) in [5, 5.41) is 0. The molecule has 2 unspecified atom stereocenters. The van der Waals surface area contributed by atoms with E-state index in [1.54, 1.807) is 0 Å². The second-order valence-corrected chi connectivity index (χ2v) is 6.73. The maximum atomic E-state index is 12.5. The molecule has 1 aromatic rings. The van der Waals surface area contributed by atoms with Gasteiger partial charge in [0.15, 0.2) is 0 Å². The summed E-state index contributed by atoms with van der Waals surface area (Å²) < 4.78 is 0. The third kappa shape index (κ3) is 3.46. The van der Waals surface area contributed by atoms with E-state index in [2.05, 4.69) is 45.9 Å². The molecule has 3 heteroatoms. The van der Waals surface area contributed by atoms with Gasteiger partial charge in [0.2, 0.25) is 5.91 Å². The van der Waals surface area contributed by atoms with Crippen LogP contribution >= 0.6 is 0 Å². The summed E-state index contributed by atoms with van der Waals surface area (Å²) in [4.78, 5) is 14.6. The molecule has 0 spiro atoms. The zero-order valence-corrected chi connectivity index (χ0v) is 13.7. The minimum absolute atomic E-state index is 0.0160. The van der Waals surface area contributed by atoms with Gasteiger partial charge < -0.3 is 10.6 Å². The van der Waals surface area contributed by atoms with Gasteiger partial charge >= 0.3 is 0 Å². The van der Waals surface area contributed by atoms with Crippen molar-refractivity contribution in [2.75, 3.05) is 6.54 Å². The van der Waals surface area contributed by atoms with Gasteiger partial charge in [0, 0.05) is 19.0 Å². The highest BCUT2D eigenvalue weighted by Crippen LogP contribution is 2.33. The number of rotatable bonds is 3. The molecule has 0 bridgehead atoms. The largest absolute Gasteiger partial charge is 0.334 e. The number of amides is 1. The summed E-state index contributed by atoms with van der Waals surface area (Å²) in [6.07, 6.45) is 2.44. The van der Waals surface area contributed by atoms with Gasteiger partial charge in [-0.2, -0.15) is 0 Å². The first-order chi connectivity index (χ1) is 9.91. The van der Waals surface area contributed by atoms with Crippen LogP contribution in [0.25, 0.3) is 0 Å². The Kier molecular flexibility index (Phi) is 5.04. The summed E-state index contributed by atoms with van der Waals surface area (Å²) in [5.74, 6) is 0.703. The van der Waals surface area contributed by atoms with Crippen LogP contribution in [0.1, 0.15) is 55.8 Å². The quantitative estimate of drug-likeness (QED) is 0.927. The molecule has 2 atom stereocenters. The van der Waals surface area contributed by atoms with Crippen molar-refractivity contribution >= 4 is 5.91 Å². The van der Waals surface area contributed by atoms with E-state index >= 15 is 0 Å². The molecule has 1 aromatic carbocycles. The predicted molar refractivity (Wildman–Crippen MR) is 87.0 cm³/mol. The first-order valence-corrected chi connectivity index (χ1v) is 8.03. The zero-order valence-electron chi connectivity index (χ0n) is 13.7. The molecular formula is C18H28N2O. The predicted octanol–water partition coefficient (Wildman–Crippen LogP) is 3.34. The van der Waals surface area contributed by atoms with Crippen LogP contribution in [-0.2, 0) is 4.79 Å². The van der Waals surface area contributed by atoms with Crippen LogP contribution in [-0.4, -0.2) is 23.4 Å². The number of hydrogen-bond donors (Lipinski definition) is 1. The molecule has 1 heterocycles. The number of aryl methyl sites for hydroxylation is 1. The number of likely N-dealkylation sites (tertiary alicyclic amines) is 1. The number of hydrogen-bond acceptors (Lipinski definition) is 2. The zero-order chi connectivity index (χ0) is 15.6. The van der Waals surface area contributed by atoms with E-state index < -0.39 is 0 Å². The maximum Gasteiger partial charge on any atom is 0.223 e. The van der Waals surface area contributed by atoms with Gasteiger partial charge in [-0.15, -0.1) is 0 Å². The van der Waals surface area contributed by atoms with Crippen LogP contribution in [0.2, 0.25) is 0 Å². The normalized spacial score (nSPS) is 23.5. The van der Waals surface area contributed by atoms with E-state index in [4.69, 9.17) is 5.73 Å². The Hall–Kier alpha value is -1.35. The van der Waals surface area contributed by atoms with E-state index in [9.17, 15) is 4.79 Å². The number of carbonyl (C=O) groups is 1. The van der Waals surface area contributed by atoms with Crippen molar-refractivity contribution in [2.45, 2.75) is 59.0 Å². The second-order valence-electron chi connectivity index (χ2n) is 6.73. The highest BCUT2D eigenvalue weighted by molar-refractivity contribution is 5.77. The van der Waals surface area contributed by atoms with Crippen molar-refractivity contribution in [3.8, 4) is 0 Å². The van der Waals surface area contributed by atoms with Crippen molar-refractivity contribution < 1.29 is 4.79 Å². The van der Waals surface area contributed by atoms with Crippen LogP contribution in [0.3, 0.4) is 0 Å². The Bertz CT molecular complexity index is 510. The van der Waals surface area contributed by atoms with Crippen LogP contribution in [0.15, 0.2) is 18.2 Å². The molecule has 0 saturated carbocycles. The SMILES string of the molecule is Cc1cccc(C2C(N)CCCC(=O)N2CC(C)C)c1C. The monoisotopic (exact) mass is 288 g/mol. The van der Waals surface area contributed by atoms with Crippen LogP contribution in [0, 0.1) is 19.8 Å². The van der Waals surface area contributed by atoms with Crippen LogP contribution < -0.4 is 5.73 Å². The Morgan fingerprint density at radius 2 is 2.05 bits per heavy atom. The van der Waals surface area contributed by atoms with Crippen molar-refractivity contribution in [3.63, 3.8) is 0 Å². The number of nitrogens with zero attached hydrogens (tertiary/aromatic N) is 1. The summed E-state index contributed by atoms with van der Waals surface area (Å²) in [5.41, 5.74) is 10.2. The van der Waals surface area contributed by atoms with Gasteiger partial charge in [-0.3, -0.25) is 4.79 Å². The third-order valence-corrected chi connectivity index (χ3v) is 4.52. The van der Waals surface area contributed by atoms with Crippen molar-refractivity contribution in [2.24, 2.45) is 11.7 Å². The standard InChI is InChI=1S/C18H28N2O/c1-12(2)11-20-17(21)10-6-9-16(19)18(20)15-8-5-7-13(3)14(15)4/h5,7-8,12,16,18H,6,9-11,19H2,1-4H3. The van der Waals surface area contributed by atoms with Gasteiger partial charge in [-0.05, 0) is 49.3 Å². The molecule has 0 radical (unpaired) electrons. The van der Waals surface area contributed by atoms with E-state index in [1.165, 1.54) is 16.7 Å². The third-order valence-electron chi connectivity index (χ3n) is 4.52. The Morgan fingerprint density at radius 3 is 2.71 bits per heavy atom. The molecule has 1 aliphatic rings. The smallest absolute Gasteiger partial charge is 0.223 e. The van der Waals surface area contributed by atoms with Gasteiger partial charge in [0.25, 0.3) is 0 Å². The fraction of sp³-hybridized carbons (Fsp3) is 0.611. The summed E-state index contributed by atoms with van der Waals surface area (Å²) >= 11 is 0. The molecule has 0 aromatic heterocycles. The lowest BCUT2D eigenvalue weighted by Crippen LogP contribution is -2.44. The molecule has 1 fully saturated rings. The molecule has 1 amide bonds. The molecule has 1 saturated heterocycles. The van der Waals surface area contributed by atoms with Crippen LogP contribution in [0.4, 0.5) is 0 Å². The number of carbonyl (C=O) groups excluding carboxylic acids is 1. The Labute approximate surface area is 128 Å². The molecule has 2 rings (SSSR count). The van der Waals surface area contributed by atoms with Gasteiger partial charge in [-0.25, -0.2) is 0 Å². The highest BCUT2D eigenvalue weighted by atomic mass is 16.2. The van der Waals surface area contributed by atoms with Gasteiger partial charge in [-0.1, -0.05) is 32.0 Å².